The zero-order valence-electron chi connectivity index (χ0n) is 15.0. The molecule has 5 nitrogen and oxygen atoms in total. The number of aromatic nitrogens is 2. The minimum absolute atomic E-state index is 0.0209. The van der Waals surface area contributed by atoms with Gasteiger partial charge >= 0.3 is 0 Å². The van der Waals surface area contributed by atoms with E-state index >= 15 is 0 Å². The highest BCUT2D eigenvalue weighted by Crippen LogP contribution is 2.21. The van der Waals surface area contributed by atoms with Crippen LogP contribution in [0, 0.1) is 6.92 Å². The first-order chi connectivity index (χ1) is 12.2. The van der Waals surface area contributed by atoms with Crippen LogP contribution in [-0.4, -0.2) is 33.4 Å². The third-order valence-corrected chi connectivity index (χ3v) is 4.77. The highest BCUT2D eigenvalue weighted by atomic mass is 16.2. The van der Waals surface area contributed by atoms with Crippen LogP contribution in [0.2, 0.25) is 0 Å². The summed E-state index contributed by atoms with van der Waals surface area (Å²) < 4.78 is 0. The summed E-state index contributed by atoms with van der Waals surface area (Å²) >= 11 is 0. The fourth-order valence-electron chi connectivity index (χ4n) is 3.41. The van der Waals surface area contributed by atoms with E-state index in [2.05, 4.69) is 47.3 Å². The van der Waals surface area contributed by atoms with E-state index in [0.29, 0.717) is 24.2 Å². The number of carbonyl (C=O) groups excluding carboxylic acids is 1. The molecule has 1 aromatic heterocycles. The van der Waals surface area contributed by atoms with Gasteiger partial charge in [-0.15, -0.1) is 0 Å². The Kier molecular flexibility index (Phi) is 5.64. The minimum Gasteiger partial charge on any atom is -0.350 e. The molecule has 5 heteroatoms. The van der Waals surface area contributed by atoms with Crippen molar-refractivity contribution in [2.45, 2.75) is 52.1 Å². The van der Waals surface area contributed by atoms with Crippen LogP contribution in [0.15, 0.2) is 36.5 Å². The summed E-state index contributed by atoms with van der Waals surface area (Å²) in [5, 5.41) is 3.22. The van der Waals surface area contributed by atoms with Gasteiger partial charge < -0.3 is 10.2 Å². The lowest BCUT2D eigenvalue weighted by molar-refractivity contribution is 0.0602. The number of nitrogens with one attached hydrogen (secondary N) is 1. The number of nitrogens with zero attached hydrogens (tertiary/aromatic N) is 3. The average Bonchev–Trinajstić information content (AvgIpc) is 2.66. The first-order valence-electron chi connectivity index (χ1n) is 9.11. The van der Waals surface area contributed by atoms with Gasteiger partial charge in [0, 0.05) is 25.3 Å². The summed E-state index contributed by atoms with van der Waals surface area (Å²) in [4.78, 5) is 23.5. The number of carbonyl (C=O) groups is 1. The molecule has 0 radical (unpaired) electrons. The quantitative estimate of drug-likeness (QED) is 0.901. The van der Waals surface area contributed by atoms with Crippen molar-refractivity contribution in [3.05, 3.63) is 53.3 Å². The Morgan fingerprint density at radius 2 is 2.20 bits per heavy atom. The molecule has 1 aromatic carbocycles. The normalized spacial score (nSPS) is 17.4. The van der Waals surface area contributed by atoms with Gasteiger partial charge in [-0.1, -0.05) is 36.8 Å². The zero-order chi connectivity index (χ0) is 17.6. The Balaban J connectivity index is 1.69. The van der Waals surface area contributed by atoms with Crippen LogP contribution in [-0.2, 0) is 6.54 Å². The van der Waals surface area contributed by atoms with Gasteiger partial charge in [0.25, 0.3) is 5.91 Å². The van der Waals surface area contributed by atoms with E-state index in [-0.39, 0.29) is 5.91 Å². The van der Waals surface area contributed by atoms with Crippen molar-refractivity contribution in [3.63, 3.8) is 0 Å². The van der Waals surface area contributed by atoms with Gasteiger partial charge in [-0.05, 0) is 44.2 Å². The molecule has 0 spiro atoms. The summed E-state index contributed by atoms with van der Waals surface area (Å²) in [6.07, 6.45) is 6.02. The lowest BCUT2D eigenvalue weighted by Gasteiger charge is -2.35. The Morgan fingerprint density at radius 1 is 1.32 bits per heavy atom. The molecule has 1 fully saturated rings. The molecule has 132 valence electrons. The van der Waals surface area contributed by atoms with E-state index in [4.69, 9.17) is 0 Å². The molecular formula is C20H26N4O. The number of likely N-dealkylation sites (tertiary alicyclic amines) is 1. The van der Waals surface area contributed by atoms with Crippen LogP contribution in [0.3, 0.4) is 0 Å². The molecule has 2 aromatic rings. The number of benzene rings is 1. The summed E-state index contributed by atoms with van der Waals surface area (Å²) in [7, 11) is 0. The number of anilines is 1. The van der Waals surface area contributed by atoms with Crippen molar-refractivity contribution in [1.29, 1.82) is 0 Å². The maximum absolute atomic E-state index is 12.8. The molecular weight excluding hydrogens is 312 g/mol. The summed E-state index contributed by atoms with van der Waals surface area (Å²) in [5.74, 6) is 0.518. The lowest BCUT2D eigenvalue weighted by atomic mass is 9.99. The van der Waals surface area contributed by atoms with Crippen molar-refractivity contribution >= 4 is 11.9 Å². The minimum atomic E-state index is 0.0209. The fourth-order valence-corrected chi connectivity index (χ4v) is 3.41. The maximum atomic E-state index is 12.8. The molecule has 25 heavy (non-hydrogen) atoms. The molecule has 1 unspecified atom stereocenters. The Morgan fingerprint density at radius 3 is 3.00 bits per heavy atom. The number of rotatable bonds is 5. The summed E-state index contributed by atoms with van der Waals surface area (Å²) in [5.41, 5.74) is 2.87. The Hall–Kier alpha value is -2.43. The second kappa shape index (κ2) is 8.10. The highest BCUT2D eigenvalue weighted by molar-refractivity contribution is 5.92. The van der Waals surface area contributed by atoms with Crippen LogP contribution in [0.25, 0.3) is 0 Å². The topological polar surface area (TPSA) is 58.1 Å². The van der Waals surface area contributed by atoms with Crippen LogP contribution < -0.4 is 5.32 Å². The Labute approximate surface area is 149 Å². The van der Waals surface area contributed by atoms with Gasteiger partial charge in [0.2, 0.25) is 5.95 Å². The number of amides is 1. The molecule has 3 rings (SSSR count). The zero-order valence-corrected chi connectivity index (χ0v) is 15.0. The maximum Gasteiger partial charge on any atom is 0.272 e. The molecule has 1 atom stereocenters. The molecule has 0 bridgehead atoms. The van der Waals surface area contributed by atoms with Crippen molar-refractivity contribution in [1.82, 2.24) is 14.9 Å². The molecule has 1 amide bonds. The molecule has 0 saturated carbocycles. The monoisotopic (exact) mass is 338 g/mol. The van der Waals surface area contributed by atoms with Gasteiger partial charge in [0.05, 0.1) is 0 Å². The average molecular weight is 338 g/mol. The van der Waals surface area contributed by atoms with Gasteiger partial charge in [0.1, 0.15) is 5.69 Å². The van der Waals surface area contributed by atoms with Crippen molar-refractivity contribution in [2.75, 3.05) is 11.9 Å². The second-order valence-electron chi connectivity index (χ2n) is 6.66. The number of aryl methyl sites for hydroxylation is 1. The van der Waals surface area contributed by atoms with E-state index in [9.17, 15) is 4.79 Å². The van der Waals surface area contributed by atoms with Gasteiger partial charge in [-0.2, -0.15) is 0 Å². The second-order valence-corrected chi connectivity index (χ2v) is 6.66. The summed E-state index contributed by atoms with van der Waals surface area (Å²) in [6.45, 7) is 5.68. The predicted octanol–water partition coefficient (Wildman–Crippen LogP) is 3.80. The highest BCUT2D eigenvalue weighted by Gasteiger charge is 2.27. The first kappa shape index (κ1) is 17.4. The van der Waals surface area contributed by atoms with E-state index in [1.807, 2.05) is 11.0 Å². The van der Waals surface area contributed by atoms with E-state index in [1.165, 1.54) is 17.5 Å². The smallest absolute Gasteiger partial charge is 0.272 e. The number of hydrogen-bond donors (Lipinski definition) is 1. The SMILES string of the molecule is CCC1CCCCN1C(=O)c1ccnc(NCc2cccc(C)c2)n1. The van der Waals surface area contributed by atoms with E-state index < -0.39 is 0 Å². The molecule has 1 saturated heterocycles. The fraction of sp³-hybridized carbons (Fsp3) is 0.450. The largest absolute Gasteiger partial charge is 0.350 e. The Bertz CT molecular complexity index is 731. The molecule has 1 aliphatic heterocycles. The standard InChI is InChI=1S/C20H26N4O/c1-3-17-9-4-5-12-24(17)19(25)18-10-11-21-20(23-18)22-14-16-8-6-7-15(2)13-16/h6-8,10-11,13,17H,3-5,9,12,14H2,1-2H3,(H,21,22,23). The van der Waals surface area contributed by atoms with Crippen molar-refractivity contribution < 1.29 is 4.79 Å². The van der Waals surface area contributed by atoms with Crippen LogP contribution in [0.5, 0.6) is 0 Å². The van der Waals surface area contributed by atoms with E-state index in [1.54, 1.807) is 12.3 Å². The van der Waals surface area contributed by atoms with Crippen LogP contribution >= 0.6 is 0 Å². The van der Waals surface area contributed by atoms with Gasteiger partial charge in [-0.3, -0.25) is 4.79 Å². The molecule has 1 N–H and O–H groups in total. The van der Waals surface area contributed by atoms with E-state index in [0.717, 1.165) is 25.8 Å². The first-order valence-corrected chi connectivity index (χ1v) is 9.11. The molecule has 0 aliphatic carbocycles. The summed E-state index contributed by atoms with van der Waals surface area (Å²) in [6, 6.07) is 10.3. The third kappa shape index (κ3) is 4.35. The lowest BCUT2D eigenvalue weighted by Crippen LogP contribution is -2.43. The predicted molar refractivity (Wildman–Crippen MR) is 99.5 cm³/mol. The van der Waals surface area contributed by atoms with Crippen LogP contribution in [0.1, 0.15) is 54.2 Å². The number of piperidine rings is 1. The molecule has 1 aliphatic rings. The van der Waals surface area contributed by atoms with Crippen molar-refractivity contribution in [3.8, 4) is 0 Å². The third-order valence-electron chi connectivity index (χ3n) is 4.77. The number of hydrogen-bond acceptors (Lipinski definition) is 4. The molecule has 2 heterocycles. The van der Waals surface area contributed by atoms with Crippen LogP contribution in [0.4, 0.5) is 5.95 Å². The van der Waals surface area contributed by atoms with Crippen molar-refractivity contribution in [2.24, 2.45) is 0 Å². The van der Waals surface area contributed by atoms with Gasteiger partial charge in [0.15, 0.2) is 0 Å². The van der Waals surface area contributed by atoms with Gasteiger partial charge in [-0.25, -0.2) is 9.97 Å².